The molecule has 100 valence electrons. The summed E-state index contributed by atoms with van der Waals surface area (Å²) in [7, 11) is 2.85. The Bertz CT molecular complexity index is 652. The molecule has 1 aromatic heterocycles. The fourth-order valence-corrected chi connectivity index (χ4v) is 1.84. The number of benzene rings is 1. The van der Waals surface area contributed by atoms with Crippen LogP contribution in [0.3, 0.4) is 0 Å². The van der Waals surface area contributed by atoms with E-state index in [9.17, 15) is 14.7 Å². The largest absolute Gasteiger partial charge is 0.508 e. The Balaban J connectivity index is 2.41. The molecule has 2 rings (SSSR count). The maximum atomic E-state index is 11.6. The van der Waals surface area contributed by atoms with Gasteiger partial charge in [-0.1, -0.05) is 12.1 Å². The van der Waals surface area contributed by atoms with Crippen LogP contribution in [-0.2, 0) is 18.2 Å². The van der Waals surface area contributed by atoms with Gasteiger partial charge in [-0.3, -0.25) is 9.55 Å². The van der Waals surface area contributed by atoms with Crippen LogP contribution in [0, 0.1) is 0 Å². The Kier molecular flexibility index (Phi) is 3.41. The summed E-state index contributed by atoms with van der Waals surface area (Å²) in [6.45, 7) is 0. The molecule has 1 heterocycles. The lowest BCUT2D eigenvalue weighted by Crippen LogP contribution is -2.14. The quantitative estimate of drug-likeness (QED) is 0.801. The van der Waals surface area contributed by atoms with Crippen LogP contribution < -0.4 is 5.69 Å². The number of esters is 1. The minimum atomic E-state index is -0.577. The number of nitrogens with one attached hydrogen (secondary N) is 1. The number of phenolic OH excluding ortho intramolecular Hbond substituents is 1. The van der Waals surface area contributed by atoms with Gasteiger partial charge >= 0.3 is 11.7 Å². The summed E-state index contributed by atoms with van der Waals surface area (Å²) in [6.07, 6.45) is 0.389. The number of H-pyrrole nitrogens is 1. The van der Waals surface area contributed by atoms with Crippen LogP contribution in [-0.4, -0.2) is 27.7 Å². The topological polar surface area (TPSA) is 84.3 Å². The fourth-order valence-electron chi connectivity index (χ4n) is 1.84. The molecule has 2 N–H and O–H groups in total. The molecule has 2 aromatic rings. The van der Waals surface area contributed by atoms with Crippen molar-refractivity contribution in [1.29, 1.82) is 0 Å². The van der Waals surface area contributed by atoms with Crippen molar-refractivity contribution in [2.45, 2.75) is 6.42 Å². The number of ether oxygens (including phenoxy) is 1. The number of aromatic nitrogens is 2. The van der Waals surface area contributed by atoms with Gasteiger partial charge in [0.2, 0.25) is 0 Å². The van der Waals surface area contributed by atoms with E-state index < -0.39 is 5.97 Å². The van der Waals surface area contributed by atoms with Crippen LogP contribution in [0.25, 0.3) is 0 Å². The molecule has 1 aromatic carbocycles. The Hall–Kier alpha value is -2.50. The van der Waals surface area contributed by atoms with Gasteiger partial charge in [0.15, 0.2) is 0 Å². The highest BCUT2D eigenvalue weighted by molar-refractivity contribution is 5.88. The van der Waals surface area contributed by atoms with Gasteiger partial charge in [0, 0.05) is 13.5 Å². The molecular formula is C13H14N2O4. The normalized spacial score (nSPS) is 10.4. The van der Waals surface area contributed by atoms with Gasteiger partial charge in [0.1, 0.15) is 11.4 Å². The summed E-state index contributed by atoms with van der Waals surface area (Å²) in [6, 6.07) is 6.57. The highest BCUT2D eigenvalue weighted by atomic mass is 16.5. The van der Waals surface area contributed by atoms with Gasteiger partial charge in [-0.05, 0) is 17.7 Å². The molecule has 6 heteroatoms. The molecule has 0 bridgehead atoms. The van der Waals surface area contributed by atoms with Crippen molar-refractivity contribution < 1.29 is 14.6 Å². The summed E-state index contributed by atoms with van der Waals surface area (Å²) in [5, 5.41) is 9.23. The van der Waals surface area contributed by atoms with E-state index in [0.717, 1.165) is 5.56 Å². The number of aromatic hydroxyl groups is 1. The Morgan fingerprint density at radius 3 is 2.58 bits per heavy atom. The van der Waals surface area contributed by atoms with E-state index >= 15 is 0 Å². The van der Waals surface area contributed by atoms with Crippen molar-refractivity contribution >= 4 is 5.97 Å². The second-order valence-corrected chi connectivity index (χ2v) is 4.15. The lowest BCUT2D eigenvalue weighted by molar-refractivity contribution is 0.0593. The Labute approximate surface area is 109 Å². The van der Waals surface area contributed by atoms with Crippen LogP contribution in [0.15, 0.2) is 29.1 Å². The van der Waals surface area contributed by atoms with Crippen molar-refractivity contribution in [3.63, 3.8) is 0 Å². The molecule has 0 aliphatic rings. The van der Waals surface area contributed by atoms with E-state index in [-0.39, 0.29) is 17.1 Å². The second-order valence-electron chi connectivity index (χ2n) is 4.15. The number of phenols is 1. The van der Waals surface area contributed by atoms with Gasteiger partial charge in [0.25, 0.3) is 0 Å². The number of nitrogens with zero attached hydrogens (tertiary/aromatic N) is 1. The highest BCUT2D eigenvalue weighted by Gasteiger charge is 2.18. The molecule has 6 nitrogen and oxygen atoms in total. The standard InChI is InChI=1S/C13H14N2O4/c1-15-10(7-8-3-5-9(16)6-4-8)11(12(17)19-2)14-13(15)18/h3-6,16H,7H2,1-2H3,(H,14,18). The summed E-state index contributed by atoms with van der Waals surface area (Å²) >= 11 is 0. The zero-order chi connectivity index (χ0) is 14.0. The summed E-state index contributed by atoms with van der Waals surface area (Å²) in [4.78, 5) is 25.7. The molecule has 0 atom stereocenters. The van der Waals surface area contributed by atoms with E-state index in [1.807, 2.05) is 0 Å². The molecule has 0 saturated carbocycles. The number of hydrogen-bond donors (Lipinski definition) is 2. The molecule has 0 fully saturated rings. The minimum absolute atomic E-state index is 0.156. The van der Waals surface area contributed by atoms with Crippen molar-refractivity contribution in [3.8, 4) is 5.75 Å². The number of hydrogen-bond acceptors (Lipinski definition) is 4. The number of methoxy groups -OCH3 is 1. The predicted octanol–water partition coefficient (Wildman–Crippen LogP) is 0.796. The number of aromatic amines is 1. The average molecular weight is 262 g/mol. The third-order valence-corrected chi connectivity index (χ3v) is 2.93. The number of carbonyl (C=O) groups is 1. The molecule has 0 spiro atoms. The first-order chi connectivity index (χ1) is 9.02. The third kappa shape index (κ3) is 2.52. The molecule has 0 saturated heterocycles. The number of imidazole rings is 1. The zero-order valence-corrected chi connectivity index (χ0v) is 10.6. The fraction of sp³-hybridized carbons (Fsp3) is 0.231. The SMILES string of the molecule is COC(=O)c1[nH]c(=O)n(C)c1Cc1ccc(O)cc1. The third-order valence-electron chi connectivity index (χ3n) is 2.93. The van der Waals surface area contributed by atoms with Gasteiger partial charge in [-0.2, -0.15) is 0 Å². The summed E-state index contributed by atoms with van der Waals surface area (Å²) in [5.41, 5.74) is 1.21. The summed E-state index contributed by atoms with van der Waals surface area (Å²) in [5.74, 6) is -0.411. The van der Waals surface area contributed by atoms with Crippen LogP contribution in [0.1, 0.15) is 21.7 Å². The first kappa shape index (κ1) is 12.9. The van der Waals surface area contributed by atoms with Crippen LogP contribution in [0.2, 0.25) is 0 Å². The van der Waals surface area contributed by atoms with E-state index in [1.165, 1.54) is 11.7 Å². The van der Waals surface area contributed by atoms with Crippen LogP contribution in [0.5, 0.6) is 5.75 Å². The Morgan fingerprint density at radius 1 is 1.37 bits per heavy atom. The van der Waals surface area contributed by atoms with E-state index in [2.05, 4.69) is 9.72 Å². The maximum absolute atomic E-state index is 11.6. The smallest absolute Gasteiger partial charge is 0.356 e. The first-order valence-corrected chi connectivity index (χ1v) is 5.67. The van der Waals surface area contributed by atoms with Crippen LogP contribution in [0.4, 0.5) is 0 Å². The van der Waals surface area contributed by atoms with Gasteiger partial charge in [-0.15, -0.1) is 0 Å². The molecule has 0 amide bonds. The monoisotopic (exact) mass is 262 g/mol. The van der Waals surface area contributed by atoms with Crippen molar-refractivity contribution in [2.75, 3.05) is 7.11 Å². The van der Waals surface area contributed by atoms with Gasteiger partial charge in [-0.25, -0.2) is 9.59 Å². The maximum Gasteiger partial charge on any atom is 0.356 e. The molecule has 0 unspecified atom stereocenters. The van der Waals surface area contributed by atoms with Crippen molar-refractivity contribution in [2.24, 2.45) is 7.05 Å². The molecule has 0 aliphatic heterocycles. The van der Waals surface area contributed by atoms with Crippen molar-refractivity contribution in [1.82, 2.24) is 9.55 Å². The molecule has 0 radical (unpaired) electrons. The molecule has 19 heavy (non-hydrogen) atoms. The Morgan fingerprint density at radius 2 is 2.00 bits per heavy atom. The first-order valence-electron chi connectivity index (χ1n) is 5.67. The number of rotatable bonds is 3. The minimum Gasteiger partial charge on any atom is -0.508 e. The lowest BCUT2D eigenvalue weighted by Gasteiger charge is -2.05. The molecule has 0 aliphatic carbocycles. The van der Waals surface area contributed by atoms with Crippen LogP contribution >= 0.6 is 0 Å². The average Bonchev–Trinajstić information content (AvgIpc) is 2.68. The predicted molar refractivity (Wildman–Crippen MR) is 68.3 cm³/mol. The lowest BCUT2D eigenvalue weighted by atomic mass is 10.1. The van der Waals surface area contributed by atoms with E-state index in [4.69, 9.17) is 0 Å². The zero-order valence-electron chi connectivity index (χ0n) is 10.6. The summed E-state index contributed by atoms with van der Waals surface area (Å²) < 4.78 is 6.01. The number of carbonyl (C=O) groups excluding carboxylic acids is 1. The van der Waals surface area contributed by atoms with Gasteiger partial charge < -0.3 is 9.84 Å². The highest BCUT2D eigenvalue weighted by Crippen LogP contribution is 2.15. The molecular weight excluding hydrogens is 248 g/mol. The van der Waals surface area contributed by atoms with Gasteiger partial charge in [0.05, 0.1) is 12.8 Å². The van der Waals surface area contributed by atoms with E-state index in [0.29, 0.717) is 12.1 Å². The van der Waals surface area contributed by atoms with Crippen molar-refractivity contribution in [3.05, 3.63) is 51.7 Å². The second kappa shape index (κ2) is 5.01. The van der Waals surface area contributed by atoms with E-state index in [1.54, 1.807) is 31.3 Å².